The Hall–Kier alpha value is -1.40. The van der Waals surface area contributed by atoms with Crippen molar-refractivity contribution in [1.82, 2.24) is 9.78 Å². The molecular weight excluding hydrogens is 212 g/mol. The summed E-state index contributed by atoms with van der Waals surface area (Å²) in [6, 6.07) is 0. The summed E-state index contributed by atoms with van der Waals surface area (Å²) in [5.74, 6) is 0. The zero-order chi connectivity index (χ0) is 12.1. The molecule has 1 aromatic rings. The number of aromatic nitrogens is 2. The number of hydrogen-bond donors (Lipinski definition) is 2. The highest BCUT2D eigenvalue weighted by atomic mass is 16.5. The van der Waals surface area contributed by atoms with Gasteiger partial charge in [0, 0.05) is 11.1 Å². The number of aliphatic hydroxyl groups excluding tert-OH is 1. The maximum absolute atomic E-state index is 11.7. The van der Waals surface area contributed by atoms with Gasteiger partial charge in [-0.3, -0.25) is 14.7 Å². The molecule has 1 rings (SSSR count). The summed E-state index contributed by atoms with van der Waals surface area (Å²) in [5, 5.41) is 11.0. The van der Waals surface area contributed by atoms with E-state index in [1.54, 1.807) is 13.8 Å². The lowest BCUT2D eigenvalue weighted by molar-refractivity contribution is 0.0845. The molecule has 90 valence electrons. The molecule has 0 saturated carbocycles. The Morgan fingerprint density at radius 2 is 1.94 bits per heavy atom. The Morgan fingerprint density at radius 3 is 2.56 bits per heavy atom. The van der Waals surface area contributed by atoms with Gasteiger partial charge in [-0.2, -0.15) is 0 Å². The average Bonchev–Trinajstić information content (AvgIpc) is 2.28. The van der Waals surface area contributed by atoms with Crippen LogP contribution in [0.3, 0.4) is 0 Å². The van der Waals surface area contributed by atoms with Crippen LogP contribution < -0.4 is 11.1 Å². The molecule has 1 heterocycles. The smallest absolute Gasteiger partial charge is 0.268 e. The Bertz CT molecular complexity index is 461. The lowest BCUT2D eigenvalue weighted by Gasteiger charge is -2.08. The molecule has 0 aromatic carbocycles. The van der Waals surface area contributed by atoms with Gasteiger partial charge in [0.2, 0.25) is 0 Å². The van der Waals surface area contributed by atoms with Crippen molar-refractivity contribution in [3.05, 3.63) is 31.8 Å². The molecule has 0 aliphatic carbocycles. The van der Waals surface area contributed by atoms with Crippen molar-refractivity contribution in [3.63, 3.8) is 0 Å². The standard InChI is InChI=1S/C10H16N2O4/c1-7-8(2)10(15)12(11-9(7)14)3-5-16-6-4-13/h13H,3-6H2,1-2H3,(H,11,14). The molecule has 6 heteroatoms. The highest BCUT2D eigenvalue weighted by Gasteiger charge is 2.06. The van der Waals surface area contributed by atoms with Crippen molar-refractivity contribution in [2.75, 3.05) is 19.8 Å². The first kappa shape index (κ1) is 12.7. The fourth-order valence-corrected chi connectivity index (χ4v) is 1.27. The van der Waals surface area contributed by atoms with Crippen molar-refractivity contribution in [3.8, 4) is 0 Å². The summed E-state index contributed by atoms with van der Waals surface area (Å²) >= 11 is 0. The van der Waals surface area contributed by atoms with Gasteiger partial charge < -0.3 is 9.84 Å². The van der Waals surface area contributed by atoms with Crippen LogP contribution in [0.4, 0.5) is 0 Å². The second-order valence-electron chi connectivity index (χ2n) is 3.48. The lowest BCUT2D eigenvalue weighted by Crippen LogP contribution is -2.34. The number of H-pyrrole nitrogens is 1. The van der Waals surface area contributed by atoms with Gasteiger partial charge in [-0.1, -0.05) is 0 Å². The van der Waals surface area contributed by atoms with Gasteiger partial charge in [-0.05, 0) is 13.8 Å². The molecule has 0 aliphatic heterocycles. The number of ether oxygens (including phenoxy) is 1. The number of nitrogens with one attached hydrogen (secondary N) is 1. The van der Waals surface area contributed by atoms with Crippen molar-refractivity contribution in [2.24, 2.45) is 0 Å². The molecule has 0 saturated heterocycles. The predicted molar refractivity (Wildman–Crippen MR) is 58.7 cm³/mol. The van der Waals surface area contributed by atoms with Crippen LogP contribution >= 0.6 is 0 Å². The van der Waals surface area contributed by atoms with E-state index in [9.17, 15) is 9.59 Å². The van der Waals surface area contributed by atoms with E-state index < -0.39 is 0 Å². The minimum atomic E-state index is -0.265. The summed E-state index contributed by atoms with van der Waals surface area (Å²) in [5.41, 5.74) is 0.410. The fourth-order valence-electron chi connectivity index (χ4n) is 1.27. The molecule has 0 bridgehead atoms. The molecule has 16 heavy (non-hydrogen) atoms. The van der Waals surface area contributed by atoms with Gasteiger partial charge in [0.15, 0.2) is 0 Å². The summed E-state index contributed by atoms with van der Waals surface area (Å²) in [6.45, 7) is 3.95. The SMILES string of the molecule is Cc1c(C)c(=O)n(CCOCCO)[nH]c1=O. The Morgan fingerprint density at radius 1 is 1.25 bits per heavy atom. The molecule has 0 spiro atoms. The van der Waals surface area contributed by atoms with Gasteiger partial charge in [-0.15, -0.1) is 0 Å². The van der Waals surface area contributed by atoms with E-state index >= 15 is 0 Å². The molecule has 2 N–H and O–H groups in total. The summed E-state index contributed by atoms with van der Waals surface area (Å²) < 4.78 is 6.24. The maximum Gasteiger partial charge on any atom is 0.268 e. The van der Waals surface area contributed by atoms with E-state index in [0.29, 0.717) is 11.1 Å². The number of rotatable bonds is 5. The van der Waals surface area contributed by atoms with E-state index in [4.69, 9.17) is 9.84 Å². The summed E-state index contributed by atoms with van der Waals surface area (Å²) in [4.78, 5) is 23.1. The predicted octanol–water partition coefficient (Wildman–Crippen LogP) is -0.838. The monoisotopic (exact) mass is 228 g/mol. The Labute approximate surface area is 92.5 Å². The highest BCUT2D eigenvalue weighted by Crippen LogP contribution is 1.91. The molecule has 0 atom stereocenters. The van der Waals surface area contributed by atoms with Crippen LogP contribution in [-0.4, -0.2) is 34.7 Å². The normalized spacial score (nSPS) is 10.7. The highest BCUT2D eigenvalue weighted by molar-refractivity contribution is 5.17. The largest absolute Gasteiger partial charge is 0.394 e. The number of aromatic amines is 1. The number of hydrogen-bond acceptors (Lipinski definition) is 4. The Balaban J connectivity index is 2.82. The molecule has 6 nitrogen and oxygen atoms in total. The van der Waals surface area contributed by atoms with Crippen LogP contribution in [0.5, 0.6) is 0 Å². The van der Waals surface area contributed by atoms with Gasteiger partial charge in [0.05, 0.1) is 26.4 Å². The summed E-state index contributed by atoms with van der Waals surface area (Å²) in [7, 11) is 0. The molecule has 0 fully saturated rings. The first-order chi connectivity index (χ1) is 7.57. The fraction of sp³-hybridized carbons (Fsp3) is 0.600. The molecule has 0 radical (unpaired) electrons. The van der Waals surface area contributed by atoms with E-state index in [-0.39, 0.29) is 37.5 Å². The van der Waals surface area contributed by atoms with Gasteiger partial charge >= 0.3 is 0 Å². The first-order valence-electron chi connectivity index (χ1n) is 5.07. The van der Waals surface area contributed by atoms with Crippen LogP contribution in [0.25, 0.3) is 0 Å². The molecule has 0 amide bonds. The van der Waals surface area contributed by atoms with Crippen LogP contribution in [-0.2, 0) is 11.3 Å². The first-order valence-corrected chi connectivity index (χ1v) is 5.07. The van der Waals surface area contributed by atoms with E-state index in [1.165, 1.54) is 4.68 Å². The number of aliphatic hydroxyl groups is 1. The average molecular weight is 228 g/mol. The zero-order valence-corrected chi connectivity index (χ0v) is 9.45. The second kappa shape index (κ2) is 5.62. The zero-order valence-electron chi connectivity index (χ0n) is 9.45. The molecular formula is C10H16N2O4. The minimum Gasteiger partial charge on any atom is -0.394 e. The maximum atomic E-state index is 11.7. The van der Waals surface area contributed by atoms with Gasteiger partial charge in [0.1, 0.15) is 0 Å². The van der Waals surface area contributed by atoms with Crippen LogP contribution in [0.1, 0.15) is 11.1 Å². The van der Waals surface area contributed by atoms with Gasteiger partial charge in [0.25, 0.3) is 11.1 Å². The van der Waals surface area contributed by atoms with E-state index in [1.807, 2.05) is 0 Å². The third-order valence-electron chi connectivity index (χ3n) is 2.40. The van der Waals surface area contributed by atoms with Crippen molar-refractivity contribution >= 4 is 0 Å². The van der Waals surface area contributed by atoms with Crippen LogP contribution in [0.15, 0.2) is 9.59 Å². The third kappa shape index (κ3) is 2.80. The molecule has 1 aromatic heterocycles. The molecule has 0 unspecified atom stereocenters. The van der Waals surface area contributed by atoms with Crippen molar-refractivity contribution < 1.29 is 9.84 Å². The van der Waals surface area contributed by atoms with E-state index in [0.717, 1.165) is 0 Å². The van der Waals surface area contributed by atoms with Crippen LogP contribution in [0, 0.1) is 13.8 Å². The molecule has 0 aliphatic rings. The quantitative estimate of drug-likeness (QED) is 0.644. The third-order valence-corrected chi connectivity index (χ3v) is 2.40. The number of nitrogens with zero attached hydrogens (tertiary/aromatic N) is 1. The Kier molecular flexibility index (Phi) is 4.45. The van der Waals surface area contributed by atoms with E-state index in [2.05, 4.69) is 5.10 Å². The second-order valence-corrected chi connectivity index (χ2v) is 3.48. The lowest BCUT2D eigenvalue weighted by atomic mass is 10.2. The minimum absolute atomic E-state index is 0.0572. The van der Waals surface area contributed by atoms with Crippen molar-refractivity contribution in [1.29, 1.82) is 0 Å². The topological polar surface area (TPSA) is 84.3 Å². The summed E-state index contributed by atoms with van der Waals surface area (Å²) in [6.07, 6.45) is 0. The van der Waals surface area contributed by atoms with Crippen LogP contribution in [0.2, 0.25) is 0 Å². The van der Waals surface area contributed by atoms with Crippen molar-refractivity contribution in [2.45, 2.75) is 20.4 Å². The van der Waals surface area contributed by atoms with Gasteiger partial charge in [-0.25, -0.2) is 4.68 Å².